The number of hydrogen-bond donors (Lipinski definition) is 1. The van der Waals surface area contributed by atoms with Crippen LogP contribution in [0.5, 0.6) is 5.75 Å². The van der Waals surface area contributed by atoms with Gasteiger partial charge in [0.1, 0.15) is 5.75 Å². The lowest BCUT2D eigenvalue weighted by Crippen LogP contribution is -2.65. The van der Waals surface area contributed by atoms with Gasteiger partial charge in [-0.2, -0.15) is 0 Å². The second kappa shape index (κ2) is 6.73. The molecule has 1 saturated carbocycles. The van der Waals surface area contributed by atoms with Crippen molar-refractivity contribution < 1.29 is 14.3 Å². The molecule has 3 atom stereocenters. The Morgan fingerprint density at radius 3 is 2.96 bits per heavy atom. The molecule has 2 fully saturated rings. The van der Waals surface area contributed by atoms with E-state index in [0.717, 1.165) is 25.3 Å². The SMILES string of the molecule is CN(C)C(=O)COc1cccc(CN[C@@H]2[C@@H]3CCO[C@H]3C2(C)C)c1. The Morgan fingerprint density at radius 1 is 1.42 bits per heavy atom. The summed E-state index contributed by atoms with van der Waals surface area (Å²) in [5.74, 6) is 1.33. The molecule has 0 radical (unpaired) electrons. The summed E-state index contributed by atoms with van der Waals surface area (Å²) >= 11 is 0. The number of rotatable bonds is 6. The molecule has 1 saturated heterocycles. The number of hydrogen-bond acceptors (Lipinski definition) is 4. The third kappa shape index (κ3) is 3.28. The quantitative estimate of drug-likeness (QED) is 0.866. The van der Waals surface area contributed by atoms with Crippen LogP contribution < -0.4 is 10.1 Å². The zero-order chi connectivity index (χ0) is 17.3. The Balaban J connectivity index is 1.54. The Kier molecular flexibility index (Phi) is 4.83. The smallest absolute Gasteiger partial charge is 0.259 e. The maximum absolute atomic E-state index is 11.6. The summed E-state index contributed by atoms with van der Waals surface area (Å²) in [6.07, 6.45) is 1.56. The summed E-state index contributed by atoms with van der Waals surface area (Å²) in [4.78, 5) is 13.1. The number of carbonyl (C=O) groups is 1. The molecule has 2 aliphatic rings. The van der Waals surface area contributed by atoms with Gasteiger partial charge in [0, 0.05) is 44.6 Å². The van der Waals surface area contributed by atoms with Crippen molar-refractivity contribution >= 4 is 5.91 Å². The molecule has 5 heteroatoms. The van der Waals surface area contributed by atoms with E-state index in [2.05, 4.69) is 25.2 Å². The molecule has 1 heterocycles. The van der Waals surface area contributed by atoms with Crippen LogP contribution in [0, 0.1) is 11.3 Å². The molecule has 0 spiro atoms. The maximum atomic E-state index is 11.6. The minimum Gasteiger partial charge on any atom is -0.484 e. The lowest BCUT2D eigenvalue weighted by atomic mass is 9.57. The van der Waals surface area contributed by atoms with Gasteiger partial charge >= 0.3 is 0 Å². The lowest BCUT2D eigenvalue weighted by molar-refractivity contribution is -0.130. The molecular formula is C19H28N2O3. The summed E-state index contributed by atoms with van der Waals surface area (Å²) in [5, 5.41) is 3.70. The van der Waals surface area contributed by atoms with Crippen molar-refractivity contribution in [3.63, 3.8) is 0 Å². The van der Waals surface area contributed by atoms with Crippen LogP contribution in [0.1, 0.15) is 25.8 Å². The summed E-state index contributed by atoms with van der Waals surface area (Å²) in [5.41, 5.74) is 1.36. The number of nitrogens with one attached hydrogen (secondary N) is 1. The van der Waals surface area contributed by atoms with Crippen molar-refractivity contribution in [1.82, 2.24) is 10.2 Å². The summed E-state index contributed by atoms with van der Waals surface area (Å²) in [7, 11) is 3.46. The fraction of sp³-hybridized carbons (Fsp3) is 0.632. The molecule has 1 amide bonds. The summed E-state index contributed by atoms with van der Waals surface area (Å²) < 4.78 is 11.4. The standard InChI is InChI=1S/C19H28N2O3/c1-19(2)17(15-8-9-23-18(15)19)20-11-13-6-5-7-14(10-13)24-12-16(22)21(3)4/h5-7,10,15,17-18,20H,8-9,11-12H2,1-4H3/t15-,17+,18+/m0/s1. The minimum absolute atomic E-state index is 0.0398. The molecule has 0 aromatic heterocycles. The van der Waals surface area contributed by atoms with Crippen LogP contribution in [0.2, 0.25) is 0 Å². The van der Waals surface area contributed by atoms with Gasteiger partial charge in [-0.15, -0.1) is 0 Å². The van der Waals surface area contributed by atoms with E-state index < -0.39 is 0 Å². The molecular weight excluding hydrogens is 304 g/mol. The number of ether oxygens (including phenoxy) is 2. The number of amides is 1. The topological polar surface area (TPSA) is 50.8 Å². The third-order valence-corrected chi connectivity index (χ3v) is 5.39. The van der Waals surface area contributed by atoms with Crippen molar-refractivity contribution in [3.8, 4) is 5.75 Å². The summed E-state index contributed by atoms with van der Waals surface area (Å²) in [6, 6.07) is 8.44. The monoisotopic (exact) mass is 332 g/mol. The molecule has 5 nitrogen and oxygen atoms in total. The van der Waals surface area contributed by atoms with Crippen LogP contribution in [0.4, 0.5) is 0 Å². The number of carbonyl (C=O) groups excluding carboxylic acids is 1. The van der Waals surface area contributed by atoms with Crippen molar-refractivity contribution in [2.75, 3.05) is 27.3 Å². The number of likely N-dealkylation sites (N-methyl/N-ethyl adjacent to an activating group) is 1. The highest BCUT2D eigenvalue weighted by Crippen LogP contribution is 2.52. The zero-order valence-electron chi connectivity index (χ0n) is 15.0. The Labute approximate surface area is 144 Å². The van der Waals surface area contributed by atoms with Gasteiger partial charge in [0.15, 0.2) is 6.61 Å². The van der Waals surface area contributed by atoms with E-state index >= 15 is 0 Å². The first kappa shape index (κ1) is 17.2. The normalized spacial score (nSPS) is 27.2. The van der Waals surface area contributed by atoms with Crippen molar-refractivity contribution in [2.45, 2.75) is 39.0 Å². The predicted octanol–water partition coefficient (Wildman–Crippen LogP) is 2.06. The fourth-order valence-electron chi connectivity index (χ4n) is 3.99. The van der Waals surface area contributed by atoms with E-state index in [1.807, 2.05) is 18.2 Å². The van der Waals surface area contributed by atoms with E-state index in [1.165, 1.54) is 10.5 Å². The van der Waals surface area contributed by atoms with Gasteiger partial charge in [-0.05, 0) is 24.1 Å². The molecule has 0 bridgehead atoms. The van der Waals surface area contributed by atoms with E-state index in [-0.39, 0.29) is 17.9 Å². The van der Waals surface area contributed by atoms with Gasteiger partial charge in [0.05, 0.1) is 6.10 Å². The Bertz CT molecular complexity index is 600. The number of nitrogens with zero attached hydrogens (tertiary/aromatic N) is 1. The Morgan fingerprint density at radius 2 is 2.21 bits per heavy atom. The molecule has 0 unspecified atom stereocenters. The summed E-state index contributed by atoms with van der Waals surface area (Å²) in [6.45, 7) is 6.32. The largest absolute Gasteiger partial charge is 0.484 e. The van der Waals surface area contributed by atoms with Crippen molar-refractivity contribution in [1.29, 1.82) is 0 Å². The number of benzene rings is 1. The fourth-order valence-corrected chi connectivity index (χ4v) is 3.99. The molecule has 1 aromatic rings. The van der Waals surface area contributed by atoms with Crippen LogP contribution in [0.25, 0.3) is 0 Å². The predicted molar refractivity (Wildman–Crippen MR) is 92.9 cm³/mol. The van der Waals surface area contributed by atoms with Gasteiger partial charge in [-0.3, -0.25) is 4.79 Å². The molecule has 1 N–H and O–H groups in total. The molecule has 3 rings (SSSR count). The Hall–Kier alpha value is -1.59. The van der Waals surface area contributed by atoms with E-state index in [4.69, 9.17) is 9.47 Å². The molecule has 1 aliphatic heterocycles. The average Bonchev–Trinajstić information content (AvgIpc) is 2.99. The van der Waals surface area contributed by atoms with Gasteiger partial charge < -0.3 is 19.7 Å². The highest BCUT2D eigenvalue weighted by atomic mass is 16.5. The lowest BCUT2D eigenvalue weighted by Gasteiger charge is -2.55. The van der Waals surface area contributed by atoms with Gasteiger partial charge in [0.25, 0.3) is 5.91 Å². The highest BCUT2D eigenvalue weighted by Gasteiger charge is 2.58. The van der Waals surface area contributed by atoms with Gasteiger partial charge in [0.2, 0.25) is 0 Å². The second-order valence-corrected chi connectivity index (χ2v) is 7.65. The third-order valence-electron chi connectivity index (χ3n) is 5.39. The van der Waals surface area contributed by atoms with Crippen LogP contribution in [0.15, 0.2) is 24.3 Å². The maximum Gasteiger partial charge on any atom is 0.259 e. The first-order chi connectivity index (χ1) is 11.4. The molecule has 132 valence electrons. The van der Waals surface area contributed by atoms with Crippen LogP contribution in [0.3, 0.4) is 0 Å². The van der Waals surface area contributed by atoms with Gasteiger partial charge in [-0.1, -0.05) is 26.0 Å². The van der Waals surface area contributed by atoms with Crippen LogP contribution in [-0.4, -0.2) is 50.3 Å². The van der Waals surface area contributed by atoms with Crippen molar-refractivity contribution in [3.05, 3.63) is 29.8 Å². The van der Waals surface area contributed by atoms with E-state index in [9.17, 15) is 4.79 Å². The first-order valence-corrected chi connectivity index (χ1v) is 8.66. The van der Waals surface area contributed by atoms with E-state index in [0.29, 0.717) is 18.1 Å². The van der Waals surface area contributed by atoms with Crippen molar-refractivity contribution in [2.24, 2.45) is 11.3 Å². The average molecular weight is 332 g/mol. The number of fused-ring (bicyclic) bond motifs is 1. The highest BCUT2D eigenvalue weighted by molar-refractivity contribution is 5.77. The second-order valence-electron chi connectivity index (χ2n) is 7.65. The molecule has 24 heavy (non-hydrogen) atoms. The first-order valence-electron chi connectivity index (χ1n) is 8.66. The molecule has 1 aliphatic carbocycles. The van der Waals surface area contributed by atoms with Gasteiger partial charge in [-0.25, -0.2) is 0 Å². The zero-order valence-corrected chi connectivity index (χ0v) is 15.0. The van der Waals surface area contributed by atoms with E-state index in [1.54, 1.807) is 14.1 Å². The van der Waals surface area contributed by atoms with Crippen LogP contribution in [-0.2, 0) is 16.1 Å². The van der Waals surface area contributed by atoms with Crippen LogP contribution >= 0.6 is 0 Å². The minimum atomic E-state index is -0.0398. The molecule has 1 aromatic carbocycles.